The molecule has 0 N–H and O–H groups in total. The molecule has 30 heavy (non-hydrogen) atoms. The molecular weight excluding hydrogens is 380 g/mol. The van der Waals surface area contributed by atoms with Gasteiger partial charge in [0.25, 0.3) is 0 Å². The number of carbonyl (C=O) groups excluding carboxylic acids is 2. The van der Waals surface area contributed by atoms with E-state index >= 15 is 0 Å². The molecule has 5 nitrogen and oxygen atoms in total. The summed E-state index contributed by atoms with van der Waals surface area (Å²) in [4.78, 5) is 25.3. The molecular formula is C25H34O5. The SMILES string of the molecule is C/C=C(/C)OC(=O)C[C@H]1[C@@H](OC(=O)/C(C)=C\C)CC[C@@H]2Cc3occ(C)c3C[C@]21C. The second kappa shape index (κ2) is 8.83. The Morgan fingerprint density at radius 3 is 2.63 bits per heavy atom. The van der Waals surface area contributed by atoms with E-state index in [4.69, 9.17) is 13.9 Å². The fourth-order valence-corrected chi connectivity index (χ4v) is 5.08. The van der Waals surface area contributed by atoms with E-state index in [0.29, 0.717) is 17.3 Å². The Kier molecular flexibility index (Phi) is 6.59. The highest BCUT2D eigenvalue weighted by atomic mass is 16.5. The molecule has 164 valence electrons. The first kappa shape index (κ1) is 22.4. The summed E-state index contributed by atoms with van der Waals surface area (Å²) in [6, 6.07) is 0. The molecule has 0 saturated heterocycles. The van der Waals surface area contributed by atoms with Crippen molar-refractivity contribution < 1.29 is 23.5 Å². The van der Waals surface area contributed by atoms with E-state index < -0.39 is 0 Å². The molecule has 1 saturated carbocycles. The molecule has 0 bridgehead atoms. The average molecular weight is 415 g/mol. The van der Waals surface area contributed by atoms with Crippen LogP contribution in [0.2, 0.25) is 0 Å². The Labute approximate surface area is 179 Å². The van der Waals surface area contributed by atoms with Crippen molar-refractivity contribution >= 4 is 11.9 Å². The Morgan fingerprint density at radius 1 is 1.23 bits per heavy atom. The lowest BCUT2D eigenvalue weighted by Gasteiger charge is -2.52. The second-order valence-electron chi connectivity index (χ2n) is 9.08. The van der Waals surface area contributed by atoms with Crippen molar-refractivity contribution in [2.45, 2.75) is 79.8 Å². The van der Waals surface area contributed by atoms with Crippen LogP contribution in [0.5, 0.6) is 0 Å². The van der Waals surface area contributed by atoms with Gasteiger partial charge in [-0.1, -0.05) is 13.0 Å². The standard InChI is InChI=1S/C25H34O5/c1-7-15(3)24(27)30-21-10-9-18-11-22-19(16(4)14-28-22)13-25(18,6)20(21)12-23(26)29-17(5)8-2/h7-8,14,18,20-21H,9-13H2,1-6H3/b15-7-,17-8-/t18-,20+,21+,25-/m1/s1. The zero-order valence-electron chi connectivity index (χ0n) is 19.0. The summed E-state index contributed by atoms with van der Waals surface area (Å²) < 4.78 is 17.2. The van der Waals surface area contributed by atoms with Crippen molar-refractivity contribution in [1.82, 2.24) is 0 Å². The van der Waals surface area contributed by atoms with Crippen molar-refractivity contribution in [1.29, 1.82) is 0 Å². The van der Waals surface area contributed by atoms with Gasteiger partial charge in [-0.15, -0.1) is 0 Å². The number of esters is 2. The Hall–Kier alpha value is -2.30. The van der Waals surface area contributed by atoms with Gasteiger partial charge in [0.15, 0.2) is 0 Å². The quantitative estimate of drug-likeness (QED) is 0.364. The van der Waals surface area contributed by atoms with Crippen LogP contribution >= 0.6 is 0 Å². The number of hydrogen-bond acceptors (Lipinski definition) is 5. The number of carbonyl (C=O) groups is 2. The first-order valence-electron chi connectivity index (χ1n) is 10.9. The molecule has 0 radical (unpaired) electrons. The third kappa shape index (κ3) is 4.26. The lowest BCUT2D eigenvalue weighted by Crippen LogP contribution is -2.52. The van der Waals surface area contributed by atoms with Crippen molar-refractivity contribution in [3.05, 3.63) is 46.6 Å². The Bertz CT molecular complexity index is 874. The van der Waals surface area contributed by atoms with Crippen LogP contribution in [-0.2, 0) is 31.9 Å². The van der Waals surface area contributed by atoms with Gasteiger partial charge in [0, 0.05) is 17.9 Å². The van der Waals surface area contributed by atoms with Crippen molar-refractivity contribution in [2.75, 3.05) is 0 Å². The Balaban J connectivity index is 1.92. The fourth-order valence-electron chi connectivity index (χ4n) is 5.08. The van der Waals surface area contributed by atoms with Crippen molar-refractivity contribution in [2.24, 2.45) is 17.3 Å². The van der Waals surface area contributed by atoms with E-state index in [1.54, 1.807) is 26.0 Å². The highest BCUT2D eigenvalue weighted by Crippen LogP contribution is 2.54. The van der Waals surface area contributed by atoms with Gasteiger partial charge in [-0.2, -0.15) is 0 Å². The molecule has 0 aliphatic heterocycles. The molecule has 0 spiro atoms. The number of aryl methyl sites for hydroxylation is 1. The molecule has 1 fully saturated rings. The third-order valence-electron chi connectivity index (χ3n) is 7.29. The third-order valence-corrected chi connectivity index (χ3v) is 7.29. The summed E-state index contributed by atoms with van der Waals surface area (Å²) in [6.45, 7) is 11.5. The maximum absolute atomic E-state index is 12.7. The van der Waals surface area contributed by atoms with Gasteiger partial charge in [-0.05, 0) is 82.4 Å². The number of rotatable bonds is 5. The molecule has 2 aliphatic carbocycles. The van der Waals surface area contributed by atoms with Gasteiger partial charge in [-0.3, -0.25) is 4.79 Å². The highest BCUT2D eigenvalue weighted by molar-refractivity contribution is 5.87. The number of hydrogen-bond donors (Lipinski definition) is 0. The fraction of sp³-hybridized carbons (Fsp3) is 0.600. The minimum atomic E-state index is -0.305. The summed E-state index contributed by atoms with van der Waals surface area (Å²) in [7, 11) is 0. The molecule has 1 aromatic heterocycles. The van der Waals surface area contributed by atoms with Crippen LogP contribution < -0.4 is 0 Å². The van der Waals surface area contributed by atoms with E-state index in [1.165, 1.54) is 5.56 Å². The van der Waals surface area contributed by atoms with Crippen LogP contribution in [0.1, 0.15) is 70.8 Å². The molecule has 0 aromatic carbocycles. The molecule has 0 amide bonds. The van der Waals surface area contributed by atoms with Crippen LogP contribution in [-0.4, -0.2) is 18.0 Å². The first-order chi connectivity index (χ1) is 14.2. The average Bonchev–Trinajstić information content (AvgIpc) is 3.06. The summed E-state index contributed by atoms with van der Waals surface area (Å²) in [5, 5.41) is 0. The molecule has 1 aromatic rings. The number of allylic oxidation sites excluding steroid dienone is 3. The molecule has 2 aliphatic rings. The van der Waals surface area contributed by atoms with E-state index in [-0.39, 0.29) is 35.8 Å². The second-order valence-corrected chi connectivity index (χ2v) is 9.08. The van der Waals surface area contributed by atoms with Crippen molar-refractivity contribution in [3.8, 4) is 0 Å². The van der Waals surface area contributed by atoms with Crippen LogP contribution in [0.3, 0.4) is 0 Å². The summed E-state index contributed by atoms with van der Waals surface area (Å²) in [5.74, 6) is 1.37. The minimum absolute atomic E-state index is 0.107. The lowest BCUT2D eigenvalue weighted by molar-refractivity contribution is -0.164. The molecule has 5 heteroatoms. The highest BCUT2D eigenvalue weighted by Gasteiger charge is 2.53. The van der Waals surface area contributed by atoms with Crippen LogP contribution in [0.25, 0.3) is 0 Å². The predicted octanol–water partition coefficient (Wildman–Crippen LogP) is 5.45. The van der Waals surface area contributed by atoms with E-state index in [0.717, 1.165) is 37.0 Å². The van der Waals surface area contributed by atoms with E-state index in [9.17, 15) is 9.59 Å². The molecule has 4 atom stereocenters. The maximum atomic E-state index is 12.7. The normalized spacial score (nSPS) is 29.1. The molecule has 3 rings (SSSR count). The summed E-state index contributed by atoms with van der Waals surface area (Å²) in [5.41, 5.74) is 2.82. The molecule has 0 unspecified atom stereocenters. The topological polar surface area (TPSA) is 65.7 Å². The maximum Gasteiger partial charge on any atom is 0.333 e. The zero-order chi connectivity index (χ0) is 22.1. The van der Waals surface area contributed by atoms with Crippen LogP contribution in [0, 0.1) is 24.2 Å². The van der Waals surface area contributed by atoms with E-state index in [2.05, 4.69) is 13.8 Å². The van der Waals surface area contributed by atoms with Gasteiger partial charge < -0.3 is 13.9 Å². The van der Waals surface area contributed by atoms with Gasteiger partial charge in [-0.25, -0.2) is 4.79 Å². The van der Waals surface area contributed by atoms with Crippen LogP contribution in [0.15, 0.2) is 34.2 Å². The number of fused-ring (bicyclic) bond motifs is 2. The van der Waals surface area contributed by atoms with Crippen LogP contribution in [0.4, 0.5) is 0 Å². The summed E-state index contributed by atoms with van der Waals surface area (Å²) in [6.07, 6.45) is 8.68. The number of ether oxygens (including phenoxy) is 2. The van der Waals surface area contributed by atoms with Gasteiger partial charge in [0.05, 0.1) is 12.7 Å². The minimum Gasteiger partial charge on any atom is -0.469 e. The monoisotopic (exact) mass is 414 g/mol. The zero-order valence-corrected chi connectivity index (χ0v) is 19.0. The lowest BCUT2D eigenvalue weighted by atomic mass is 9.53. The smallest absolute Gasteiger partial charge is 0.333 e. The predicted molar refractivity (Wildman–Crippen MR) is 115 cm³/mol. The number of furan rings is 1. The van der Waals surface area contributed by atoms with E-state index in [1.807, 2.05) is 20.1 Å². The van der Waals surface area contributed by atoms with Gasteiger partial charge >= 0.3 is 11.9 Å². The molecule has 1 heterocycles. The van der Waals surface area contributed by atoms with Crippen molar-refractivity contribution in [3.63, 3.8) is 0 Å². The largest absolute Gasteiger partial charge is 0.469 e. The Morgan fingerprint density at radius 2 is 1.97 bits per heavy atom. The van der Waals surface area contributed by atoms with Gasteiger partial charge in [0.2, 0.25) is 0 Å². The summed E-state index contributed by atoms with van der Waals surface area (Å²) >= 11 is 0. The van der Waals surface area contributed by atoms with Gasteiger partial charge in [0.1, 0.15) is 17.6 Å². The first-order valence-corrected chi connectivity index (χ1v) is 10.9.